The zero-order valence-electron chi connectivity index (χ0n) is 8.69. The molecule has 0 saturated heterocycles. The van der Waals surface area contributed by atoms with Crippen LogP contribution in [0.5, 0.6) is 0 Å². The molecule has 0 spiro atoms. The number of amides is 2. The average Bonchev–Trinajstić information content (AvgIpc) is 2.01. The Bertz CT molecular complexity index is 207. The summed E-state index contributed by atoms with van der Waals surface area (Å²) in [6.07, 6.45) is 0.350. The fraction of sp³-hybridized carbons (Fsp3) is 0.778. The van der Waals surface area contributed by atoms with Gasteiger partial charge < -0.3 is 10.6 Å². The average molecular weight is 218 g/mol. The molecule has 0 atom stereocenters. The molecule has 0 aliphatic rings. The van der Waals surface area contributed by atoms with Crippen LogP contribution in [0, 0.1) is 5.92 Å². The number of primary amides is 1. The molecule has 0 bridgehead atoms. The fourth-order valence-corrected chi connectivity index (χ4v) is 1.33. The Labute approximate surface area is 90.2 Å². The maximum atomic E-state index is 11.5. The maximum Gasteiger partial charge on any atom is 0.237 e. The third kappa shape index (κ3) is 5.85. The van der Waals surface area contributed by atoms with E-state index in [4.69, 9.17) is 5.73 Å². The van der Waals surface area contributed by atoms with Crippen LogP contribution in [0.4, 0.5) is 0 Å². The third-order valence-electron chi connectivity index (χ3n) is 1.61. The summed E-state index contributed by atoms with van der Waals surface area (Å²) in [4.78, 5) is 23.7. The van der Waals surface area contributed by atoms with E-state index in [2.05, 4.69) is 12.6 Å². The Morgan fingerprint density at radius 1 is 1.43 bits per heavy atom. The van der Waals surface area contributed by atoms with Crippen LogP contribution in [-0.2, 0) is 9.59 Å². The van der Waals surface area contributed by atoms with Crippen molar-refractivity contribution in [3.05, 3.63) is 0 Å². The summed E-state index contributed by atoms with van der Waals surface area (Å²) in [6, 6.07) is 0. The van der Waals surface area contributed by atoms with Crippen molar-refractivity contribution in [2.45, 2.75) is 20.3 Å². The van der Waals surface area contributed by atoms with E-state index >= 15 is 0 Å². The number of thiol groups is 1. The first kappa shape index (κ1) is 13.3. The van der Waals surface area contributed by atoms with E-state index in [9.17, 15) is 9.59 Å². The third-order valence-corrected chi connectivity index (χ3v) is 1.83. The standard InChI is InChI=1S/C9H18N2O2S/c1-7(2)5-11(6-8(10)12)9(13)3-4-14/h7,14H,3-6H2,1-2H3,(H2,10,12). The molecular weight excluding hydrogens is 200 g/mol. The number of carbonyl (C=O) groups is 2. The molecule has 0 saturated carbocycles. The lowest BCUT2D eigenvalue weighted by Crippen LogP contribution is -2.40. The number of hydrogen-bond donors (Lipinski definition) is 2. The van der Waals surface area contributed by atoms with Gasteiger partial charge in [-0.3, -0.25) is 9.59 Å². The van der Waals surface area contributed by atoms with Crippen LogP contribution in [-0.4, -0.2) is 35.6 Å². The van der Waals surface area contributed by atoms with Gasteiger partial charge in [0, 0.05) is 13.0 Å². The van der Waals surface area contributed by atoms with Crippen molar-refractivity contribution < 1.29 is 9.59 Å². The SMILES string of the molecule is CC(C)CN(CC(N)=O)C(=O)CCS. The summed E-state index contributed by atoms with van der Waals surface area (Å²) >= 11 is 3.97. The molecule has 0 unspecified atom stereocenters. The lowest BCUT2D eigenvalue weighted by atomic mass is 10.2. The molecule has 5 heteroatoms. The summed E-state index contributed by atoms with van der Waals surface area (Å²) in [5.41, 5.74) is 5.05. The highest BCUT2D eigenvalue weighted by molar-refractivity contribution is 7.80. The Balaban J connectivity index is 4.22. The van der Waals surface area contributed by atoms with E-state index in [0.717, 1.165) is 0 Å². The van der Waals surface area contributed by atoms with Gasteiger partial charge in [-0.25, -0.2) is 0 Å². The van der Waals surface area contributed by atoms with Gasteiger partial charge in [0.05, 0.1) is 6.54 Å². The molecule has 2 amide bonds. The molecule has 14 heavy (non-hydrogen) atoms. The smallest absolute Gasteiger partial charge is 0.237 e. The highest BCUT2D eigenvalue weighted by atomic mass is 32.1. The summed E-state index contributed by atoms with van der Waals surface area (Å²) in [6.45, 7) is 4.55. The number of rotatable bonds is 6. The second kappa shape index (κ2) is 6.70. The van der Waals surface area contributed by atoms with Crippen LogP contribution >= 0.6 is 12.6 Å². The number of nitrogens with zero attached hydrogens (tertiary/aromatic N) is 1. The molecule has 0 fully saturated rings. The first-order chi connectivity index (χ1) is 6.47. The quantitative estimate of drug-likeness (QED) is 0.629. The molecule has 0 rings (SSSR count). The van der Waals surface area contributed by atoms with Crippen LogP contribution in [0.25, 0.3) is 0 Å². The molecule has 0 aromatic carbocycles. The Kier molecular flexibility index (Phi) is 6.36. The lowest BCUT2D eigenvalue weighted by Gasteiger charge is -2.22. The summed E-state index contributed by atoms with van der Waals surface area (Å²) in [7, 11) is 0. The van der Waals surface area contributed by atoms with E-state index in [-0.39, 0.29) is 12.5 Å². The first-order valence-electron chi connectivity index (χ1n) is 4.64. The van der Waals surface area contributed by atoms with Crippen LogP contribution in [0.2, 0.25) is 0 Å². The second-order valence-electron chi connectivity index (χ2n) is 3.61. The second-order valence-corrected chi connectivity index (χ2v) is 4.06. The van der Waals surface area contributed by atoms with E-state index in [0.29, 0.717) is 24.6 Å². The largest absolute Gasteiger partial charge is 0.368 e. The lowest BCUT2D eigenvalue weighted by molar-refractivity contribution is -0.135. The molecule has 0 aromatic rings. The molecule has 0 aliphatic carbocycles. The van der Waals surface area contributed by atoms with Crippen molar-refractivity contribution >= 4 is 24.4 Å². The molecule has 82 valence electrons. The number of carbonyl (C=O) groups excluding carboxylic acids is 2. The van der Waals surface area contributed by atoms with E-state index in [1.54, 1.807) is 0 Å². The van der Waals surface area contributed by atoms with Gasteiger partial charge in [0.15, 0.2) is 0 Å². The van der Waals surface area contributed by atoms with E-state index < -0.39 is 5.91 Å². The van der Waals surface area contributed by atoms with Crippen molar-refractivity contribution in [3.8, 4) is 0 Å². The number of hydrogen-bond acceptors (Lipinski definition) is 3. The Morgan fingerprint density at radius 2 is 2.00 bits per heavy atom. The molecule has 0 radical (unpaired) electrons. The minimum atomic E-state index is -0.474. The van der Waals surface area contributed by atoms with Crippen LogP contribution in [0.1, 0.15) is 20.3 Å². The molecular formula is C9H18N2O2S. The molecule has 4 nitrogen and oxygen atoms in total. The minimum Gasteiger partial charge on any atom is -0.368 e. The summed E-state index contributed by atoms with van der Waals surface area (Å²) < 4.78 is 0. The topological polar surface area (TPSA) is 63.4 Å². The van der Waals surface area contributed by atoms with Crippen LogP contribution in [0.15, 0.2) is 0 Å². The van der Waals surface area contributed by atoms with Crippen LogP contribution < -0.4 is 5.73 Å². The van der Waals surface area contributed by atoms with Crippen molar-refractivity contribution in [3.63, 3.8) is 0 Å². The van der Waals surface area contributed by atoms with Crippen molar-refractivity contribution in [2.75, 3.05) is 18.8 Å². The molecule has 2 N–H and O–H groups in total. The summed E-state index contributed by atoms with van der Waals surface area (Å²) in [5.74, 6) is 0.288. The van der Waals surface area contributed by atoms with Gasteiger partial charge in [-0.1, -0.05) is 13.8 Å². The van der Waals surface area contributed by atoms with Gasteiger partial charge in [-0.2, -0.15) is 12.6 Å². The molecule has 0 heterocycles. The molecule has 0 aromatic heterocycles. The van der Waals surface area contributed by atoms with Gasteiger partial charge >= 0.3 is 0 Å². The zero-order valence-corrected chi connectivity index (χ0v) is 9.59. The fourth-order valence-electron chi connectivity index (χ4n) is 1.14. The van der Waals surface area contributed by atoms with E-state index in [1.807, 2.05) is 13.8 Å². The molecule has 0 aliphatic heterocycles. The first-order valence-corrected chi connectivity index (χ1v) is 5.27. The van der Waals surface area contributed by atoms with E-state index in [1.165, 1.54) is 4.90 Å². The van der Waals surface area contributed by atoms with Gasteiger partial charge in [0.1, 0.15) is 0 Å². The summed E-state index contributed by atoms with van der Waals surface area (Å²) in [5, 5.41) is 0. The highest BCUT2D eigenvalue weighted by Gasteiger charge is 2.15. The monoisotopic (exact) mass is 218 g/mol. The van der Waals surface area contributed by atoms with Gasteiger partial charge in [0.2, 0.25) is 11.8 Å². The highest BCUT2D eigenvalue weighted by Crippen LogP contribution is 2.01. The minimum absolute atomic E-state index is 0.00475. The predicted octanol–water partition coefficient (Wildman–Crippen LogP) is 0.276. The Morgan fingerprint density at radius 3 is 2.36 bits per heavy atom. The van der Waals surface area contributed by atoms with Crippen molar-refractivity contribution in [1.29, 1.82) is 0 Å². The van der Waals surface area contributed by atoms with Gasteiger partial charge in [0.25, 0.3) is 0 Å². The zero-order chi connectivity index (χ0) is 11.1. The van der Waals surface area contributed by atoms with Gasteiger partial charge in [-0.15, -0.1) is 0 Å². The predicted molar refractivity (Wildman–Crippen MR) is 59.1 cm³/mol. The van der Waals surface area contributed by atoms with Crippen molar-refractivity contribution in [2.24, 2.45) is 11.7 Å². The van der Waals surface area contributed by atoms with Crippen molar-refractivity contribution in [1.82, 2.24) is 4.90 Å². The maximum absolute atomic E-state index is 11.5. The Hall–Kier alpha value is -0.710. The normalized spacial score (nSPS) is 10.3. The van der Waals surface area contributed by atoms with Crippen LogP contribution in [0.3, 0.4) is 0 Å². The van der Waals surface area contributed by atoms with Gasteiger partial charge in [-0.05, 0) is 11.7 Å². The number of nitrogens with two attached hydrogens (primary N) is 1.